The molecule has 0 radical (unpaired) electrons. The molecule has 1 amide bonds. The smallest absolute Gasteiger partial charge is 0.405 e. The fraction of sp³-hybridized carbons (Fsp3) is 0.600. The van der Waals surface area contributed by atoms with Crippen LogP contribution < -0.4 is 15.4 Å². The molecule has 0 saturated carbocycles. The largest absolute Gasteiger partial charge is 0.573 e. The molecule has 1 heterocycles. The number of carbonyl (C=O) groups excluding carboxylic acids is 1. The Morgan fingerprint density at radius 1 is 1.28 bits per heavy atom. The standard InChI is InChI=1S/C20H29F3N4O2/c1-3-16(27-13-7-10-18(27)28)11-12-25-19(24-4-2)26-14-15-8-5-6-9-17(15)29-20(21,22)23/h5-6,8-9,16H,3-4,7,10-14H2,1-2H3,(H2,24,25,26). The van der Waals surface area contributed by atoms with Crippen molar-refractivity contribution in [1.29, 1.82) is 0 Å². The third kappa shape index (κ3) is 7.47. The SMILES string of the molecule is CCNC(=NCc1ccccc1OC(F)(F)F)NCCC(CC)N1CCCC1=O. The highest BCUT2D eigenvalue weighted by Crippen LogP contribution is 2.26. The molecule has 9 heteroatoms. The molecule has 29 heavy (non-hydrogen) atoms. The van der Waals surface area contributed by atoms with Gasteiger partial charge in [-0.1, -0.05) is 25.1 Å². The van der Waals surface area contributed by atoms with E-state index in [1.807, 2.05) is 11.8 Å². The summed E-state index contributed by atoms with van der Waals surface area (Å²) < 4.78 is 41.8. The van der Waals surface area contributed by atoms with Crippen LogP contribution in [0.1, 0.15) is 45.1 Å². The van der Waals surface area contributed by atoms with Gasteiger partial charge in [0.1, 0.15) is 5.75 Å². The minimum Gasteiger partial charge on any atom is -0.405 e. The monoisotopic (exact) mass is 414 g/mol. The minimum atomic E-state index is -4.75. The van der Waals surface area contributed by atoms with Crippen LogP contribution in [0.5, 0.6) is 5.75 Å². The molecule has 1 aromatic carbocycles. The Morgan fingerprint density at radius 3 is 2.66 bits per heavy atom. The quantitative estimate of drug-likeness (QED) is 0.480. The number of nitrogens with zero attached hydrogens (tertiary/aromatic N) is 2. The molecule has 1 aromatic rings. The van der Waals surface area contributed by atoms with Crippen molar-refractivity contribution in [2.24, 2.45) is 4.99 Å². The average Bonchev–Trinajstić information content (AvgIpc) is 3.09. The van der Waals surface area contributed by atoms with Gasteiger partial charge >= 0.3 is 6.36 Å². The number of alkyl halides is 3. The van der Waals surface area contributed by atoms with Crippen molar-refractivity contribution in [3.05, 3.63) is 29.8 Å². The second kappa shape index (κ2) is 10.9. The highest BCUT2D eigenvalue weighted by molar-refractivity contribution is 5.80. The van der Waals surface area contributed by atoms with E-state index in [0.717, 1.165) is 25.8 Å². The zero-order chi connectivity index (χ0) is 21.3. The molecular weight excluding hydrogens is 385 g/mol. The third-order valence-electron chi connectivity index (χ3n) is 4.74. The Balaban J connectivity index is 1.95. The van der Waals surface area contributed by atoms with Gasteiger partial charge in [0.05, 0.1) is 6.54 Å². The first-order valence-corrected chi connectivity index (χ1v) is 9.99. The summed E-state index contributed by atoms with van der Waals surface area (Å²) >= 11 is 0. The first-order valence-electron chi connectivity index (χ1n) is 9.99. The van der Waals surface area contributed by atoms with Crippen LogP contribution in [0.3, 0.4) is 0 Å². The van der Waals surface area contributed by atoms with Crippen LogP contribution in [0.25, 0.3) is 0 Å². The maximum atomic E-state index is 12.6. The molecule has 1 aliphatic heterocycles. The molecule has 1 aliphatic rings. The van der Waals surface area contributed by atoms with Gasteiger partial charge in [-0.15, -0.1) is 13.2 Å². The first-order chi connectivity index (χ1) is 13.8. The van der Waals surface area contributed by atoms with Gasteiger partial charge in [0, 0.05) is 37.7 Å². The maximum Gasteiger partial charge on any atom is 0.573 e. The Kier molecular flexibility index (Phi) is 8.60. The summed E-state index contributed by atoms with van der Waals surface area (Å²) in [7, 11) is 0. The summed E-state index contributed by atoms with van der Waals surface area (Å²) in [6.07, 6.45) is -1.56. The van der Waals surface area contributed by atoms with Crippen molar-refractivity contribution in [2.45, 2.75) is 58.5 Å². The van der Waals surface area contributed by atoms with E-state index in [0.29, 0.717) is 31.0 Å². The lowest BCUT2D eigenvalue weighted by molar-refractivity contribution is -0.274. The van der Waals surface area contributed by atoms with E-state index >= 15 is 0 Å². The second-order valence-electron chi connectivity index (χ2n) is 6.82. The Bertz CT molecular complexity index is 695. The average molecular weight is 414 g/mol. The molecule has 2 N–H and O–H groups in total. The zero-order valence-corrected chi connectivity index (χ0v) is 16.9. The van der Waals surface area contributed by atoms with E-state index in [2.05, 4.69) is 27.3 Å². The Morgan fingerprint density at radius 2 is 2.03 bits per heavy atom. The van der Waals surface area contributed by atoms with Crippen LogP contribution in [0.4, 0.5) is 13.2 Å². The zero-order valence-electron chi connectivity index (χ0n) is 16.9. The molecule has 2 rings (SSSR count). The van der Waals surface area contributed by atoms with Crippen LogP contribution in [-0.4, -0.2) is 48.8 Å². The van der Waals surface area contributed by atoms with Gasteiger partial charge in [-0.3, -0.25) is 4.79 Å². The number of halogens is 3. The normalized spacial score (nSPS) is 16.1. The topological polar surface area (TPSA) is 66.0 Å². The van der Waals surface area contributed by atoms with Crippen LogP contribution in [0.2, 0.25) is 0 Å². The lowest BCUT2D eigenvalue weighted by Gasteiger charge is -2.27. The number of carbonyl (C=O) groups is 1. The molecule has 0 aromatic heterocycles. The van der Waals surface area contributed by atoms with Crippen LogP contribution >= 0.6 is 0 Å². The van der Waals surface area contributed by atoms with Crippen molar-refractivity contribution < 1.29 is 22.7 Å². The molecule has 1 atom stereocenters. The molecule has 1 fully saturated rings. The summed E-state index contributed by atoms with van der Waals surface area (Å²) in [5.41, 5.74) is 0.344. The third-order valence-corrected chi connectivity index (χ3v) is 4.74. The number of para-hydroxylation sites is 1. The summed E-state index contributed by atoms with van der Waals surface area (Å²) in [5.74, 6) is 0.466. The van der Waals surface area contributed by atoms with E-state index in [1.54, 1.807) is 12.1 Å². The number of ether oxygens (including phenoxy) is 1. The second-order valence-corrected chi connectivity index (χ2v) is 6.82. The van der Waals surface area contributed by atoms with Gasteiger partial charge in [-0.2, -0.15) is 0 Å². The van der Waals surface area contributed by atoms with E-state index in [9.17, 15) is 18.0 Å². The molecule has 6 nitrogen and oxygen atoms in total. The van der Waals surface area contributed by atoms with Gasteiger partial charge in [0.25, 0.3) is 0 Å². The lowest BCUT2D eigenvalue weighted by Crippen LogP contribution is -2.42. The Hall–Kier alpha value is -2.45. The first kappa shape index (κ1) is 22.8. The number of aliphatic imine (C=N–C) groups is 1. The van der Waals surface area contributed by atoms with Crippen molar-refractivity contribution in [3.8, 4) is 5.75 Å². The number of rotatable bonds is 9. The highest BCUT2D eigenvalue weighted by atomic mass is 19.4. The van der Waals surface area contributed by atoms with E-state index in [-0.39, 0.29) is 24.2 Å². The summed E-state index contributed by atoms with van der Waals surface area (Å²) in [4.78, 5) is 18.3. The lowest BCUT2D eigenvalue weighted by atomic mass is 10.1. The van der Waals surface area contributed by atoms with Crippen LogP contribution in [0.15, 0.2) is 29.3 Å². The van der Waals surface area contributed by atoms with E-state index in [4.69, 9.17) is 0 Å². The van der Waals surface area contributed by atoms with E-state index in [1.165, 1.54) is 12.1 Å². The predicted octanol–water partition coefficient (Wildman–Crippen LogP) is 3.43. The summed E-state index contributed by atoms with van der Waals surface area (Å²) in [6, 6.07) is 6.15. The Labute approximate surface area is 169 Å². The van der Waals surface area contributed by atoms with Gasteiger partial charge < -0.3 is 20.3 Å². The minimum absolute atomic E-state index is 0.0450. The van der Waals surface area contributed by atoms with Crippen molar-refractivity contribution in [3.63, 3.8) is 0 Å². The van der Waals surface area contributed by atoms with Gasteiger partial charge in [0.2, 0.25) is 5.91 Å². The summed E-state index contributed by atoms with van der Waals surface area (Å²) in [5, 5.41) is 6.29. The van der Waals surface area contributed by atoms with Gasteiger partial charge in [0.15, 0.2) is 5.96 Å². The fourth-order valence-corrected chi connectivity index (χ4v) is 3.36. The fourth-order valence-electron chi connectivity index (χ4n) is 3.36. The van der Waals surface area contributed by atoms with Crippen molar-refractivity contribution in [1.82, 2.24) is 15.5 Å². The number of guanidine groups is 1. The number of likely N-dealkylation sites (tertiary alicyclic amines) is 1. The maximum absolute atomic E-state index is 12.6. The molecular formula is C20H29F3N4O2. The molecule has 0 aliphatic carbocycles. The number of amides is 1. The number of hydrogen-bond acceptors (Lipinski definition) is 3. The van der Waals surface area contributed by atoms with Crippen molar-refractivity contribution >= 4 is 11.9 Å². The molecule has 1 unspecified atom stereocenters. The molecule has 0 bridgehead atoms. The van der Waals surface area contributed by atoms with Crippen LogP contribution in [-0.2, 0) is 11.3 Å². The molecule has 0 spiro atoms. The van der Waals surface area contributed by atoms with Crippen molar-refractivity contribution in [2.75, 3.05) is 19.6 Å². The number of benzene rings is 1. The predicted molar refractivity (Wildman–Crippen MR) is 106 cm³/mol. The number of nitrogens with one attached hydrogen (secondary N) is 2. The highest BCUT2D eigenvalue weighted by Gasteiger charge is 2.32. The molecule has 1 saturated heterocycles. The van der Waals surface area contributed by atoms with Gasteiger partial charge in [-0.25, -0.2) is 4.99 Å². The van der Waals surface area contributed by atoms with E-state index < -0.39 is 6.36 Å². The number of hydrogen-bond donors (Lipinski definition) is 2. The summed E-state index contributed by atoms with van der Waals surface area (Å²) in [6.45, 7) is 6.05. The van der Waals surface area contributed by atoms with Crippen LogP contribution in [0, 0.1) is 0 Å². The van der Waals surface area contributed by atoms with Gasteiger partial charge in [-0.05, 0) is 32.3 Å². The molecule has 162 valence electrons.